The third-order valence-corrected chi connectivity index (χ3v) is 4.41. The summed E-state index contributed by atoms with van der Waals surface area (Å²) in [5.74, 6) is -0.474. The first kappa shape index (κ1) is 16.0. The highest BCUT2D eigenvalue weighted by Gasteiger charge is 2.31. The molecule has 112 valence electrons. The van der Waals surface area contributed by atoms with Gasteiger partial charge in [-0.3, -0.25) is 4.79 Å². The van der Waals surface area contributed by atoms with Crippen molar-refractivity contribution in [1.29, 1.82) is 0 Å². The molecule has 1 amide bonds. The number of halogens is 4. The first-order chi connectivity index (χ1) is 9.68. The predicted molar refractivity (Wildman–Crippen MR) is 78.7 cm³/mol. The lowest BCUT2D eigenvalue weighted by Crippen LogP contribution is -2.13. The number of nitrogens with zero attached hydrogens (tertiary/aromatic N) is 1. The Bertz CT molecular complexity index is 697. The maximum atomic E-state index is 12.7. The highest BCUT2D eigenvalue weighted by molar-refractivity contribution is 9.10. The van der Waals surface area contributed by atoms with E-state index in [2.05, 4.69) is 26.2 Å². The summed E-state index contributed by atoms with van der Waals surface area (Å²) < 4.78 is 38.5. The van der Waals surface area contributed by atoms with Crippen molar-refractivity contribution >= 4 is 38.9 Å². The Kier molecular flexibility index (Phi) is 4.38. The number of rotatable bonds is 2. The van der Waals surface area contributed by atoms with Gasteiger partial charge in [-0.2, -0.15) is 13.2 Å². The highest BCUT2D eigenvalue weighted by atomic mass is 79.9. The van der Waals surface area contributed by atoms with E-state index in [0.29, 0.717) is 15.0 Å². The summed E-state index contributed by atoms with van der Waals surface area (Å²) in [6.07, 6.45) is -4.46. The molecule has 0 aliphatic rings. The molecular weight excluding hydrogens is 369 g/mol. The second-order valence-electron chi connectivity index (χ2n) is 4.29. The van der Waals surface area contributed by atoms with Gasteiger partial charge in [0.1, 0.15) is 4.88 Å². The average molecular weight is 379 g/mol. The summed E-state index contributed by atoms with van der Waals surface area (Å²) >= 11 is 4.32. The van der Waals surface area contributed by atoms with E-state index in [1.807, 2.05) is 0 Å². The zero-order chi connectivity index (χ0) is 15.8. The Labute approximate surface area is 131 Å². The summed E-state index contributed by atoms with van der Waals surface area (Å²) in [6.45, 7) is 3.44. The molecule has 8 heteroatoms. The van der Waals surface area contributed by atoms with Gasteiger partial charge in [0.25, 0.3) is 5.91 Å². The van der Waals surface area contributed by atoms with Gasteiger partial charge in [0, 0.05) is 4.47 Å². The Morgan fingerprint density at radius 1 is 1.33 bits per heavy atom. The molecule has 1 aromatic heterocycles. The van der Waals surface area contributed by atoms with Crippen molar-refractivity contribution in [3.63, 3.8) is 0 Å². The van der Waals surface area contributed by atoms with Gasteiger partial charge in [-0.05, 0) is 48.0 Å². The number of anilines is 1. The smallest absolute Gasteiger partial charge is 0.320 e. The fourth-order valence-electron chi connectivity index (χ4n) is 1.72. The number of thiazole rings is 1. The Morgan fingerprint density at radius 3 is 2.52 bits per heavy atom. The predicted octanol–water partition coefficient (Wildman–Crippen LogP) is 4.79. The van der Waals surface area contributed by atoms with Crippen molar-refractivity contribution in [3.05, 3.63) is 43.8 Å². The van der Waals surface area contributed by atoms with Crippen molar-refractivity contribution in [2.24, 2.45) is 0 Å². The van der Waals surface area contributed by atoms with Crippen LogP contribution in [-0.4, -0.2) is 10.9 Å². The normalized spacial score (nSPS) is 11.5. The van der Waals surface area contributed by atoms with Crippen LogP contribution < -0.4 is 5.32 Å². The molecule has 0 unspecified atom stereocenters. The minimum Gasteiger partial charge on any atom is -0.320 e. The summed E-state index contributed by atoms with van der Waals surface area (Å²) in [5.41, 5.74) is -0.198. The number of nitrogens with one attached hydrogen (secondary N) is 1. The lowest BCUT2D eigenvalue weighted by atomic mass is 10.2. The molecule has 0 saturated heterocycles. The van der Waals surface area contributed by atoms with Gasteiger partial charge in [0.15, 0.2) is 0 Å². The van der Waals surface area contributed by atoms with E-state index < -0.39 is 17.6 Å². The molecule has 0 radical (unpaired) electrons. The number of aryl methyl sites for hydroxylation is 2. The molecule has 21 heavy (non-hydrogen) atoms. The van der Waals surface area contributed by atoms with E-state index in [0.717, 1.165) is 17.1 Å². The maximum absolute atomic E-state index is 12.7. The van der Waals surface area contributed by atoms with Crippen LogP contribution in [0.2, 0.25) is 0 Å². The van der Waals surface area contributed by atoms with E-state index in [9.17, 15) is 18.0 Å². The number of carbonyl (C=O) groups excluding carboxylic acids is 1. The van der Waals surface area contributed by atoms with Gasteiger partial charge in [-0.25, -0.2) is 4.98 Å². The quantitative estimate of drug-likeness (QED) is 0.815. The van der Waals surface area contributed by atoms with Gasteiger partial charge in [-0.15, -0.1) is 11.3 Å². The lowest BCUT2D eigenvalue weighted by Gasteiger charge is -2.11. The second-order valence-corrected chi connectivity index (χ2v) is 6.35. The number of carbonyl (C=O) groups is 1. The van der Waals surface area contributed by atoms with Crippen molar-refractivity contribution in [2.45, 2.75) is 20.0 Å². The number of amides is 1. The molecule has 1 N–H and O–H groups in total. The first-order valence-electron chi connectivity index (χ1n) is 5.80. The third kappa shape index (κ3) is 3.62. The molecule has 1 heterocycles. The zero-order valence-electron chi connectivity index (χ0n) is 11.0. The van der Waals surface area contributed by atoms with Crippen LogP contribution in [0, 0.1) is 13.8 Å². The molecule has 0 bridgehead atoms. The van der Waals surface area contributed by atoms with E-state index in [1.54, 1.807) is 13.8 Å². The second kappa shape index (κ2) is 5.76. The van der Waals surface area contributed by atoms with Gasteiger partial charge in [-0.1, -0.05) is 0 Å². The zero-order valence-corrected chi connectivity index (χ0v) is 13.4. The van der Waals surface area contributed by atoms with Gasteiger partial charge in [0.05, 0.1) is 22.0 Å². The van der Waals surface area contributed by atoms with Crippen molar-refractivity contribution in [2.75, 3.05) is 5.32 Å². The summed E-state index contributed by atoms with van der Waals surface area (Å²) in [7, 11) is 0. The van der Waals surface area contributed by atoms with Crippen LogP contribution >= 0.6 is 27.3 Å². The highest BCUT2D eigenvalue weighted by Crippen LogP contribution is 2.34. The Balaban J connectivity index is 2.31. The maximum Gasteiger partial charge on any atom is 0.416 e. The van der Waals surface area contributed by atoms with Crippen LogP contribution in [0.25, 0.3) is 0 Å². The molecule has 2 rings (SSSR count). The van der Waals surface area contributed by atoms with E-state index in [-0.39, 0.29) is 5.69 Å². The van der Waals surface area contributed by atoms with Crippen LogP contribution in [0.1, 0.15) is 25.9 Å². The number of aromatic nitrogens is 1. The largest absolute Gasteiger partial charge is 0.416 e. The van der Waals surface area contributed by atoms with Crippen LogP contribution in [0.3, 0.4) is 0 Å². The third-order valence-electron chi connectivity index (χ3n) is 2.65. The van der Waals surface area contributed by atoms with E-state index in [1.165, 1.54) is 17.4 Å². The summed E-state index contributed by atoms with van der Waals surface area (Å²) in [6, 6.07) is 3.09. The standard InChI is InChI=1S/C13H10BrF3N2OS/c1-6-11(21-7(2)18-6)12(20)19-10-5-8(13(15,16)17)3-4-9(10)14/h3-5H,1-2H3,(H,19,20). The van der Waals surface area contributed by atoms with E-state index in [4.69, 9.17) is 0 Å². The summed E-state index contributed by atoms with van der Waals surface area (Å²) in [4.78, 5) is 16.6. The van der Waals surface area contributed by atoms with Gasteiger partial charge >= 0.3 is 6.18 Å². The minimum atomic E-state index is -4.46. The molecule has 3 nitrogen and oxygen atoms in total. The van der Waals surface area contributed by atoms with Crippen LogP contribution in [0.4, 0.5) is 18.9 Å². The van der Waals surface area contributed by atoms with E-state index >= 15 is 0 Å². The number of hydrogen-bond donors (Lipinski definition) is 1. The topological polar surface area (TPSA) is 42.0 Å². The first-order valence-corrected chi connectivity index (χ1v) is 7.41. The number of alkyl halides is 3. The molecule has 0 saturated carbocycles. The molecule has 0 aliphatic heterocycles. The van der Waals surface area contributed by atoms with Crippen LogP contribution in [0.5, 0.6) is 0 Å². The van der Waals surface area contributed by atoms with Crippen LogP contribution in [0.15, 0.2) is 22.7 Å². The summed E-state index contributed by atoms with van der Waals surface area (Å²) in [5, 5.41) is 3.20. The monoisotopic (exact) mass is 378 g/mol. The fraction of sp³-hybridized carbons (Fsp3) is 0.231. The molecule has 0 spiro atoms. The SMILES string of the molecule is Cc1nc(C)c(C(=O)Nc2cc(C(F)(F)F)ccc2Br)s1. The van der Waals surface area contributed by atoms with Crippen molar-refractivity contribution < 1.29 is 18.0 Å². The molecule has 1 aromatic carbocycles. The number of benzene rings is 1. The molecule has 2 aromatic rings. The Hall–Kier alpha value is -1.41. The Morgan fingerprint density at radius 2 is 2.00 bits per heavy atom. The van der Waals surface area contributed by atoms with Gasteiger partial charge in [0.2, 0.25) is 0 Å². The fourth-order valence-corrected chi connectivity index (χ4v) is 2.88. The van der Waals surface area contributed by atoms with Gasteiger partial charge < -0.3 is 5.32 Å². The molecule has 0 fully saturated rings. The molecule has 0 aliphatic carbocycles. The van der Waals surface area contributed by atoms with Crippen molar-refractivity contribution in [3.8, 4) is 0 Å². The van der Waals surface area contributed by atoms with Crippen LogP contribution in [-0.2, 0) is 6.18 Å². The minimum absolute atomic E-state index is 0.0697. The average Bonchev–Trinajstić information content (AvgIpc) is 2.70. The molecule has 0 atom stereocenters. The lowest BCUT2D eigenvalue weighted by molar-refractivity contribution is -0.137. The molecular formula is C13H10BrF3N2OS. The number of hydrogen-bond acceptors (Lipinski definition) is 3. The van der Waals surface area contributed by atoms with Crippen molar-refractivity contribution in [1.82, 2.24) is 4.98 Å².